The van der Waals surface area contributed by atoms with E-state index in [1.807, 2.05) is 6.92 Å². The van der Waals surface area contributed by atoms with Crippen LogP contribution in [0, 0.1) is 36.5 Å². The van der Waals surface area contributed by atoms with Crippen LogP contribution in [0.15, 0.2) is 4.42 Å². The fourth-order valence-electron chi connectivity index (χ4n) is 5.56. The molecule has 4 bridgehead atoms. The van der Waals surface area contributed by atoms with E-state index >= 15 is 0 Å². The molecule has 0 amide bonds. The van der Waals surface area contributed by atoms with Crippen molar-refractivity contribution in [1.82, 2.24) is 15.5 Å². The maximum Gasteiger partial charge on any atom is 0.233 e. The molecule has 0 spiro atoms. The zero-order chi connectivity index (χ0) is 13.7. The quantitative estimate of drug-likeness (QED) is 0.917. The number of nitrogens with zero attached hydrogens (tertiary/aromatic N) is 2. The summed E-state index contributed by atoms with van der Waals surface area (Å²) in [7, 11) is 0. The zero-order valence-corrected chi connectivity index (χ0v) is 12.5. The van der Waals surface area contributed by atoms with Gasteiger partial charge in [-0.15, -0.1) is 10.2 Å². The Hall–Kier alpha value is -0.900. The van der Waals surface area contributed by atoms with E-state index in [0.717, 1.165) is 36.1 Å². The third kappa shape index (κ3) is 2.00. The Morgan fingerprint density at radius 1 is 1.10 bits per heavy atom. The standard InChI is InChI=1S/C16H25N3O/c1-3-17-15(16-19-18-9(2)20-16)14-12-5-10-4-11(7-12)8-13(14)6-10/h10-15,17H,3-8H2,1-2H3. The Kier molecular flexibility index (Phi) is 3.09. The van der Waals surface area contributed by atoms with E-state index < -0.39 is 0 Å². The van der Waals surface area contributed by atoms with Gasteiger partial charge >= 0.3 is 0 Å². The second-order valence-corrected chi connectivity index (χ2v) is 7.20. The van der Waals surface area contributed by atoms with Crippen LogP contribution in [-0.2, 0) is 0 Å². The molecule has 1 unspecified atom stereocenters. The molecule has 0 saturated heterocycles. The van der Waals surface area contributed by atoms with Crippen molar-refractivity contribution in [3.05, 3.63) is 11.8 Å². The van der Waals surface area contributed by atoms with Crippen molar-refractivity contribution in [2.24, 2.45) is 29.6 Å². The Labute approximate surface area is 120 Å². The van der Waals surface area contributed by atoms with Gasteiger partial charge in [0.05, 0.1) is 6.04 Å². The van der Waals surface area contributed by atoms with Crippen LogP contribution in [0.2, 0.25) is 0 Å². The average molecular weight is 275 g/mol. The van der Waals surface area contributed by atoms with Gasteiger partial charge < -0.3 is 9.73 Å². The fraction of sp³-hybridized carbons (Fsp3) is 0.875. The smallest absolute Gasteiger partial charge is 0.233 e. The summed E-state index contributed by atoms with van der Waals surface area (Å²) in [6.45, 7) is 5.03. The third-order valence-corrected chi connectivity index (χ3v) is 5.92. The van der Waals surface area contributed by atoms with Gasteiger partial charge in [0.1, 0.15) is 0 Å². The van der Waals surface area contributed by atoms with Crippen LogP contribution in [0.3, 0.4) is 0 Å². The molecule has 1 aromatic heterocycles. The summed E-state index contributed by atoms with van der Waals surface area (Å²) in [6.07, 6.45) is 7.25. The molecule has 1 aromatic rings. The third-order valence-electron chi connectivity index (χ3n) is 5.92. The first-order valence-corrected chi connectivity index (χ1v) is 8.28. The van der Waals surface area contributed by atoms with Gasteiger partial charge in [-0.1, -0.05) is 6.92 Å². The Bertz CT molecular complexity index is 456. The van der Waals surface area contributed by atoms with Gasteiger partial charge in [-0.2, -0.15) is 0 Å². The average Bonchev–Trinajstić information content (AvgIpc) is 2.83. The maximum atomic E-state index is 5.77. The summed E-state index contributed by atoms with van der Waals surface area (Å²) >= 11 is 0. The SMILES string of the molecule is CCNC(c1nnc(C)o1)C1C2CC3CC(C2)CC1C3. The lowest BCUT2D eigenvalue weighted by Crippen LogP contribution is -2.49. The number of rotatable bonds is 4. The molecule has 1 N–H and O–H groups in total. The highest BCUT2D eigenvalue weighted by molar-refractivity contribution is 5.05. The predicted molar refractivity (Wildman–Crippen MR) is 76.0 cm³/mol. The summed E-state index contributed by atoms with van der Waals surface area (Å²) in [6, 6.07) is 0.274. The lowest BCUT2D eigenvalue weighted by atomic mass is 9.50. The van der Waals surface area contributed by atoms with Gasteiger partial charge in [-0.25, -0.2) is 0 Å². The Balaban J connectivity index is 1.63. The van der Waals surface area contributed by atoms with E-state index in [4.69, 9.17) is 4.42 Å². The Morgan fingerprint density at radius 3 is 2.25 bits per heavy atom. The molecule has 4 nitrogen and oxygen atoms in total. The fourth-order valence-corrected chi connectivity index (χ4v) is 5.56. The van der Waals surface area contributed by atoms with Crippen molar-refractivity contribution < 1.29 is 4.42 Å². The van der Waals surface area contributed by atoms with E-state index in [0.29, 0.717) is 11.8 Å². The summed E-state index contributed by atoms with van der Waals surface area (Å²) in [4.78, 5) is 0. The molecule has 4 fully saturated rings. The Morgan fingerprint density at radius 2 is 1.75 bits per heavy atom. The molecule has 1 heterocycles. The lowest BCUT2D eigenvalue weighted by molar-refractivity contribution is -0.0559. The van der Waals surface area contributed by atoms with E-state index in [1.165, 1.54) is 32.1 Å². The second-order valence-electron chi connectivity index (χ2n) is 7.20. The first-order valence-electron chi connectivity index (χ1n) is 8.28. The number of hydrogen-bond acceptors (Lipinski definition) is 4. The topological polar surface area (TPSA) is 51.0 Å². The van der Waals surface area contributed by atoms with Crippen molar-refractivity contribution in [2.45, 2.75) is 52.0 Å². The first-order chi connectivity index (χ1) is 9.74. The molecule has 4 heteroatoms. The molecule has 0 radical (unpaired) electrons. The number of hydrogen-bond donors (Lipinski definition) is 1. The summed E-state index contributed by atoms with van der Waals surface area (Å²) in [5.74, 6) is 6.00. The van der Waals surface area contributed by atoms with E-state index in [2.05, 4.69) is 22.4 Å². The van der Waals surface area contributed by atoms with Crippen LogP contribution >= 0.6 is 0 Å². The van der Waals surface area contributed by atoms with Crippen LogP contribution in [-0.4, -0.2) is 16.7 Å². The molecule has 4 aliphatic carbocycles. The van der Waals surface area contributed by atoms with Crippen molar-refractivity contribution in [3.63, 3.8) is 0 Å². The molecule has 4 saturated carbocycles. The molecule has 4 aliphatic rings. The summed E-state index contributed by atoms with van der Waals surface area (Å²) in [5, 5.41) is 12.0. The molecule has 20 heavy (non-hydrogen) atoms. The molecular formula is C16H25N3O. The van der Waals surface area contributed by atoms with Crippen molar-refractivity contribution >= 4 is 0 Å². The van der Waals surface area contributed by atoms with Crippen molar-refractivity contribution in [3.8, 4) is 0 Å². The molecule has 5 rings (SSSR count). The number of aromatic nitrogens is 2. The number of aryl methyl sites for hydroxylation is 1. The molecular weight excluding hydrogens is 250 g/mol. The minimum atomic E-state index is 0.274. The minimum Gasteiger partial charge on any atom is -0.424 e. The van der Waals surface area contributed by atoms with Crippen LogP contribution in [0.1, 0.15) is 56.9 Å². The summed E-state index contributed by atoms with van der Waals surface area (Å²) < 4.78 is 5.77. The maximum absolute atomic E-state index is 5.77. The van der Waals surface area contributed by atoms with Gasteiger partial charge in [-0.3, -0.25) is 0 Å². The van der Waals surface area contributed by atoms with Gasteiger partial charge in [0.2, 0.25) is 11.8 Å². The van der Waals surface area contributed by atoms with Crippen LogP contribution in [0.5, 0.6) is 0 Å². The van der Waals surface area contributed by atoms with Crippen molar-refractivity contribution in [1.29, 1.82) is 0 Å². The van der Waals surface area contributed by atoms with E-state index in [-0.39, 0.29) is 6.04 Å². The van der Waals surface area contributed by atoms with E-state index in [9.17, 15) is 0 Å². The normalized spacial score (nSPS) is 40.2. The van der Waals surface area contributed by atoms with Crippen LogP contribution in [0.4, 0.5) is 0 Å². The van der Waals surface area contributed by atoms with Crippen molar-refractivity contribution in [2.75, 3.05) is 6.54 Å². The molecule has 0 aromatic carbocycles. The minimum absolute atomic E-state index is 0.274. The first kappa shape index (κ1) is 12.8. The number of nitrogens with one attached hydrogen (secondary N) is 1. The molecule has 110 valence electrons. The monoisotopic (exact) mass is 275 g/mol. The highest BCUT2D eigenvalue weighted by Crippen LogP contribution is 2.59. The predicted octanol–water partition coefficient (Wildman–Crippen LogP) is 3.10. The molecule has 1 atom stereocenters. The highest BCUT2D eigenvalue weighted by atomic mass is 16.4. The van der Waals surface area contributed by atoms with Gasteiger partial charge in [-0.05, 0) is 68.2 Å². The molecule has 0 aliphatic heterocycles. The second kappa shape index (κ2) is 4.83. The summed E-state index contributed by atoms with van der Waals surface area (Å²) in [5.41, 5.74) is 0. The largest absolute Gasteiger partial charge is 0.424 e. The van der Waals surface area contributed by atoms with Crippen LogP contribution in [0.25, 0.3) is 0 Å². The lowest BCUT2D eigenvalue weighted by Gasteiger charge is -2.56. The van der Waals surface area contributed by atoms with E-state index in [1.54, 1.807) is 0 Å². The van der Waals surface area contributed by atoms with Gasteiger partial charge in [0, 0.05) is 6.92 Å². The zero-order valence-electron chi connectivity index (χ0n) is 12.5. The van der Waals surface area contributed by atoms with Crippen LogP contribution < -0.4 is 5.32 Å². The highest BCUT2D eigenvalue weighted by Gasteiger charge is 2.51. The van der Waals surface area contributed by atoms with Gasteiger partial charge in [0.25, 0.3) is 0 Å². The van der Waals surface area contributed by atoms with Gasteiger partial charge in [0.15, 0.2) is 0 Å².